The average Bonchev–Trinajstić information content (AvgIpc) is 2.40. The molecule has 0 heterocycles. The van der Waals surface area contributed by atoms with E-state index in [0.29, 0.717) is 16.1 Å². The number of anilines is 1. The summed E-state index contributed by atoms with van der Waals surface area (Å²) in [5.41, 5.74) is 6.51. The molecule has 0 atom stereocenters. The molecule has 0 aliphatic heterocycles. The van der Waals surface area contributed by atoms with Crippen molar-refractivity contribution >= 4 is 22.2 Å². The molecule has 1 amide bonds. The number of hydrogen-bond donors (Lipinski definition) is 1. The molecule has 0 spiro atoms. The quantitative estimate of drug-likeness (QED) is 0.665. The van der Waals surface area contributed by atoms with Gasteiger partial charge in [0.2, 0.25) is 0 Å². The van der Waals surface area contributed by atoms with Crippen LogP contribution >= 0.6 is 0 Å². The Morgan fingerprint density at radius 2 is 1.61 bits per heavy atom. The van der Waals surface area contributed by atoms with Gasteiger partial charge in [0.1, 0.15) is 0 Å². The minimum atomic E-state index is -1.70. The van der Waals surface area contributed by atoms with Crippen molar-refractivity contribution in [2.24, 2.45) is 4.36 Å². The van der Waals surface area contributed by atoms with Crippen molar-refractivity contribution in [1.29, 1.82) is 0 Å². The van der Waals surface area contributed by atoms with Crippen LogP contribution in [-0.4, -0.2) is 5.91 Å². The second-order valence-electron chi connectivity index (χ2n) is 3.58. The van der Waals surface area contributed by atoms with Crippen LogP contribution in [0.15, 0.2) is 63.9 Å². The highest BCUT2D eigenvalue weighted by molar-refractivity contribution is 7.75. The van der Waals surface area contributed by atoms with Crippen LogP contribution in [0.4, 0.5) is 5.69 Å². The predicted molar refractivity (Wildman–Crippen MR) is 70.4 cm³/mol. The largest absolute Gasteiger partial charge is 0.440 e. The minimum Gasteiger partial charge on any atom is -0.440 e. The Labute approximate surface area is 107 Å². The summed E-state index contributed by atoms with van der Waals surface area (Å²) in [4.78, 5) is 12.2. The van der Waals surface area contributed by atoms with Gasteiger partial charge in [0.15, 0.2) is 0 Å². The normalized spacial score (nSPS) is 12.2. The summed E-state index contributed by atoms with van der Waals surface area (Å²) in [7, 11) is -1.70. The van der Waals surface area contributed by atoms with Crippen LogP contribution in [0.1, 0.15) is 10.4 Å². The third-order valence-corrected chi connectivity index (χ3v) is 3.28. The van der Waals surface area contributed by atoms with E-state index in [4.69, 9.17) is 5.73 Å². The average molecular weight is 259 g/mol. The summed E-state index contributed by atoms with van der Waals surface area (Å²) >= 11 is 0. The second kappa shape index (κ2) is 5.46. The van der Waals surface area contributed by atoms with E-state index in [1.165, 1.54) is 0 Å². The van der Waals surface area contributed by atoms with Gasteiger partial charge in [0.05, 0.1) is 0 Å². The summed E-state index contributed by atoms with van der Waals surface area (Å²) in [5, 5.41) is 0. The molecule has 2 aromatic rings. The third-order valence-electron chi connectivity index (χ3n) is 2.27. The van der Waals surface area contributed by atoms with E-state index in [0.717, 1.165) is 0 Å². The molecule has 18 heavy (non-hydrogen) atoms. The molecule has 4 nitrogen and oxygen atoms in total. The van der Waals surface area contributed by atoms with Crippen LogP contribution in [0.3, 0.4) is 0 Å². The van der Waals surface area contributed by atoms with Crippen LogP contribution in [0.5, 0.6) is 0 Å². The van der Waals surface area contributed by atoms with Crippen LogP contribution in [0.25, 0.3) is 0 Å². The van der Waals surface area contributed by atoms with Crippen molar-refractivity contribution in [3.05, 3.63) is 60.2 Å². The van der Waals surface area contributed by atoms with Gasteiger partial charge in [-0.3, -0.25) is 4.79 Å². The van der Waals surface area contributed by atoms with Crippen molar-refractivity contribution in [1.82, 2.24) is 0 Å². The van der Waals surface area contributed by atoms with Gasteiger partial charge < -0.3 is 14.3 Å². The molecule has 0 saturated carbocycles. The first-order valence-electron chi connectivity index (χ1n) is 5.25. The maximum atomic E-state index is 11.8. The third kappa shape index (κ3) is 2.95. The van der Waals surface area contributed by atoms with Crippen LogP contribution in [0, 0.1) is 0 Å². The SMILES string of the molecule is Nc1ccc([S-](=O)=NC(=O)c2ccccc2)cc1. The van der Waals surface area contributed by atoms with E-state index < -0.39 is 16.5 Å². The number of nitrogen functional groups attached to an aromatic ring is 1. The first kappa shape index (κ1) is 12.3. The molecule has 0 bridgehead atoms. The molecule has 0 aliphatic carbocycles. The van der Waals surface area contributed by atoms with Gasteiger partial charge in [-0.1, -0.05) is 35.2 Å². The highest BCUT2D eigenvalue weighted by Gasteiger charge is 1.98. The number of nitrogens with two attached hydrogens (primary N) is 1. The second-order valence-corrected chi connectivity index (χ2v) is 4.73. The molecular weight excluding hydrogens is 248 g/mol. The number of benzene rings is 2. The zero-order valence-corrected chi connectivity index (χ0v) is 10.3. The predicted octanol–water partition coefficient (Wildman–Crippen LogP) is 2.62. The van der Waals surface area contributed by atoms with E-state index in [1.54, 1.807) is 54.6 Å². The lowest BCUT2D eigenvalue weighted by molar-refractivity contribution is 0.100. The number of rotatable bonds is 2. The first-order valence-corrected chi connectivity index (χ1v) is 6.36. The van der Waals surface area contributed by atoms with Crippen molar-refractivity contribution in [2.45, 2.75) is 4.90 Å². The molecule has 92 valence electrons. The Bertz CT molecular complexity index is 630. The fourth-order valence-corrected chi connectivity index (χ4v) is 2.08. The molecule has 5 heteroatoms. The molecule has 2 N–H and O–H groups in total. The lowest BCUT2D eigenvalue weighted by atomic mass is 10.2. The number of carbonyl (C=O) groups excluding carboxylic acids is 1. The zero-order chi connectivity index (χ0) is 13.0. The van der Waals surface area contributed by atoms with Gasteiger partial charge in [-0.15, -0.1) is 0 Å². The van der Waals surface area contributed by atoms with Crippen molar-refractivity contribution in [2.75, 3.05) is 5.73 Å². The Morgan fingerprint density at radius 1 is 1.00 bits per heavy atom. The summed E-state index contributed by atoms with van der Waals surface area (Å²) in [6.07, 6.45) is 0. The molecule has 2 rings (SSSR count). The monoisotopic (exact) mass is 259 g/mol. The molecule has 0 aliphatic rings. The lowest BCUT2D eigenvalue weighted by Gasteiger charge is -2.05. The number of amides is 1. The molecule has 0 radical (unpaired) electrons. The van der Waals surface area contributed by atoms with Crippen molar-refractivity contribution in [3.63, 3.8) is 0 Å². The van der Waals surface area contributed by atoms with E-state index in [-0.39, 0.29) is 0 Å². The molecule has 0 fully saturated rings. The summed E-state index contributed by atoms with van der Waals surface area (Å²) < 4.78 is 15.5. The number of hydrogen-bond acceptors (Lipinski definition) is 4. The summed E-state index contributed by atoms with van der Waals surface area (Å²) in [5.74, 6) is -0.495. The smallest absolute Gasteiger partial charge is 0.254 e. The Hall–Kier alpha value is -2.14. The molecule has 2 aromatic carbocycles. The Morgan fingerprint density at radius 3 is 2.22 bits per heavy atom. The first-order chi connectivity index (χ1) is 8.66. The van der Waals surface area contributed by atoms with Gasteiger partial charge in [0.25, 0.3) is 5.91 Å². The highest BCUT2D eigenvalue weighted by atomic mass is 32.2. The Kier molecular flexibility index (Phi) is 3.74. The van der Waals surface area contributed by atoms with Gasteiger partial charge in [-0.25, -0.2) is 0 Å². The topological polar surface area (TPSA) is 72.5 Å². The highest BCUT2D eigenvalue weighted by Crippen LogP contribution is 2.09. The summed E-state index contributed by atoms with van der Waals surface area (Å²) in [6.45, 7) is 0. The molecule has 0 unspecified atom stereocenters. The van der Waals surface area contributed by atoms with E-state index in [2.05, 4.69) is 4.36 Å². The van der Waals surface area contributed by atoms with Crippen molar-refractivity contribution < 1.29 is 9.00 Å². The summed E-state index contributed by atoms with van der Waals surface area (Å²) in [6, 6.07) is 14.9. The minimum absolute atomic E-state index is 0.418. The maximum absolute atomic E-state index is 11.8. The van der Waals surface area contributed by atoms with E-state index in [9.17, 15) is 9.00 Å². The van der Waals surface area contributed by atoms with Crippen LogP contribution in [0.2, 0.25) is 0 Å². The van der Waals surface area contributed by atoms with Gasteiger partial charge in [0, 0.05) is 11.3 Å². The van der Waals surface area contributed by atoms with Crippen LogP contribution in [-0.2, 0) is 14.8 Å². The van der Waals surface area contributed by atoms with Crippen molar-refractivity contribution in [3.8, 4) is 0 Å². The van der Waals surface area contributed by atoms with Gasteiger partial charge in [-0.05, 0) is 24.3 Å². The molecular formula is C13H11N2O2S-. The van der Waals surface area contributed by atoms with Crippen LogP contribution < -0.4 is 5.73 Å². The fraction of sp³-hybridized carbons (Fsp3) is 0. The van der Waals surface area contributed by atoms with E-state index >= 15 is 0 Å². The van der Waals surface area contributed by atoms with Gasteiger partial charge >= 0.3 is 0 Å². The number of carbonyl (C=O) groups is 1. The molecule has 0 saturated heterocycles. The fourth-order valence-electron chi connectivity index (χ4n) is 1.35. The molecule has 0 aromatic heterocycles. The van der Waals surface area contributed by atoms with Gasteiger partial charge in [-0.2, -0.15) is 10.6 Å². The zero-order valence-electron chi connectivity index (χ0n) is 9.45. The maximum Gasteiger partial charge on any atom is 0.254 e. The van der Waals surface area contributed by atoms with E-state index in [1.807, 2.05) is 0 Å². The number of nitrogens with zero attached hydrogens (tertiary/aromatic N) is 1. The standard InChI is InChI=1S/C13H11N2O2S/c14-11-6-8-12(9-7-11)18(17)15-13(16)10-4-2-1-3-5-10/h1-9H,14H2/q-1. The lowest BCUT2D eigenvalue weighted by Crippen LogP contribution is -1.95. The Balaban J connectivity index is 2.26.